The third-order valence-corrected chi connectivity index (χ3v) is 13.6. The van der Waals surface area contributed by atoms with Crippen LogP contribution in [0.2, 0.25) is 5.02 Å². The number of carbonyl (C=O) groups excluding carboxylic acids is 1. The zero-order valence-corrected chi connectivity index (χ0v) is 29.3. The smallest absolute Gasteiger partial charge is 0.339 e. The summed E-state index contributed by atoms with van der Waals surface area (Å²) in [7, 11) is 0.877. The highest BCUT2D eigenvalue weighted by atomic mass is 35.5. The number of rotatable bonds is 2. The number of anilines is 1. The van der Waals surface area contributed by atoms with Gasteiger partial charge in [0.05, 0.1) is 24.0 Å². The maximum Gasteiger partial charge on any atom is 0.339 e. The summed E-state index contributed by atoms with van der Waals surface area (Å²) in [6.07, 6.45) is 13.4. The number of carbonyl (C=O) groups is 1. The fourth-order valence-corrected chi connectivity index (χ4v) is 10.4. The van der Waals surface area contributed by atoms with Crippen LogP contribution in [0, 0.1) is 17.8 Å². The standard InChI is InChI=1S/C38H46ClN3O4S/c1-38(2)46-36(43)27-10-13-34-33(22-27)42(23-28-8-11-31(39)21-26(28)7-4-5-17-45-34)24-29-9-12-32(29)35(44-3)30-19-25(20-30)14-18-47(38)37-40-15-6-16-41-37/h6,8,10-11,13,15-16,19,21-22,25,29,32,35,47H,4-5,7,9,12,14,17-18,20,23-24H2,1-3H3/t25?,29-,32+,35+/m0/s1. The first-order valence-corrected chi connectivity index (χ1v) is 19.0. The Morgan fingerprint density at radius 1 is 1.04 bits per heavy atom. The van der Waals surface area contributed by atoms with E-state index >= 15 is 0 Å². The molecule has 4 heterocycles. The second kappa shape index (κ2) is 13.8. The van der Waals surface area contributed by atoms with Crippen molar-refractivity contribution in [2.75, 3.05) is 30.9 Å². The van der Waals surface area contributed by atoms with Crippen LogP contribution in [0.1, 0.15) is 73.9 Å². The Morgan fingerprint density at radius 3 is 2.64 bits per heavy atom. The van der Waals surface area contributed by atoms with Crippen molar-refractivity contribution < 1.29 is 19.0 Å². The lowest BCUT2D eigenvalue weighted by Crippen LogP contribution is -2.45. The van der Waals surface area contributed by atoms with Crippen molar-refractivity contribution in [3.8, 4) is 5.75 Å². The molecular weight excluding hydrogens is 630 g/mol. The van der Waals surface area contributed by atoms with Gasteiger partial charge in [-0.1, -0.05) is 23.7 Å². The van der Waals surface area contributed by atoms with Gasteiger partial charge in [-0.05, 0) is 135 Å². The van der Waals surface area contributed by atoms with Crippen molar-refractivity contribution in [2.24, 2.45) is 17.8 Å². The molecule has 3 aromatic rings. The number of methoxy groups -OCH3 is 1. The van der Waals surface area contributed by atoms with Crippen LogP contribution in [0.4, 0.5) is 5.69 Å². The summed E-state index contributed by atoms with van der Waals surface area (Å²) in [6.45, 7) is 6.20. The van der Waals surface area contributed by atoms with Crippen LogP contribution >= 0.6 is 22.5 Å². The van der Waals surface area contributed by atoms with E-state index in [4.69, 9.17) is 25.8 Å². The molecule has 47 heavy (non-hydrogen) atoms. The van der Waals surface area contributed by atoms with E-state index in [0.29, 0.717) is 36.5 Å². The minimum atomic E-state index is -0.995. The lowest BCUT2D eigenvalue weighted by molar-refractivity contribution is 0.000673. The maximum atomic E-state index is 14.0. The number of esters is 1. The highest BCUT2D eigenvalue weighted by Gasteiger charge is 2.43. The van der Waals surface area contributed by atoms with Crippen molar-refractivity contribution >= 4 is 34.2 Å². The van der Waals surface area contributed by atoms with Gasteiger partial charge in [0.15, 0.2) is 5.16 Å². The molecule has 0 amide bonds. The van der Waals surface area contributed by atoms with E-state index in [1.54, 1.807) is 12.4 Å². The molecule has 8 rings (SSSR count). The summed E-state index contributed by atoms with van der Waals surface area (Å²) in [5.41, 5.74) is 5.44. The third kappa shape index (κ3) is 6.92. The van der Waals surface area contributed by atoms with Crippen LogP contribution < -0.4 is 9.64 Å². The van der Waals surface area contributed by atoms with Crippen LogP contribution in [0.15, 0.2) is 71.7 Å². The molecule has 9 heteroatoms. The number of allylic oxidation sites excluding steroid dienone is 1. The molecular formula is C38H46ClN3O4S. The van der Waals surface area contributed by atoms with Crippen LogP contribution in [0.5, 0.6) is 5.75 Å². The first-order chi connectivity index (χ1) is 22.8. The molecule has 1 aromatic heterocycles. The zero-order chi connectivity index (χ0) is 32.5. The normalized spacial score (nSPS) is 28.3. The summed E-state index contributed by atoms with van der Waals surface area (Å²) in [4.78, 5) is 25.0. The Morgan fingerprint density at radius 2 is 1.87 bits per heavy atom. The maximum absolute atomic E-state index is 14.0. The number of ether oxygens (including phenoxy) is 3. The Hall–Kier alpha value is -3.07. The van der Waals surface area contributed by atoms with Gasteiger partial charge in [-0.25, -0.2) is 14.8 Å². The van der Waals surface area contributed by atoms with Crippen molar-refractivity contribution in [3.05, 3.63) is 88.2 Å². The van der Waals surface area contributed by atoms with E-state index in [0.717, 1.165) is 78.9 Å². The Balaban J connectivity index is 1.31. The number of halogens is 1. The van der Waals surface area contributed by atoms with E-state index in [1.807, 2.05) is 51.3 Å². The van der Waals surface area contributed by atoms with Gasteiger partial charge in [0.2, 0.25) is 0 Å². The van der Waals surface area contributed by atoms with E-state index in [1.165, 1.54) is 16.7 Å². The van der Waals surface area contributed by atoms with E-state index < -0.39 is 15.8 Å². The number of nitrogens with zero attached hydrogens (tertiary/aromatic N) is 3. The van der Waals surface area contributed by atoms with Crippen LogP contribution in [-0.4, -0.2) is 53.0 Å². The molecule has 2 aromatic carbocycles. The van der Waals surface area contributed by atoms with Crippen LogP contribution in [0.25, 0.3) is 0 Å². The summed E-state index contributed by atoms with van der Waals surface area (Å²) in [6, 6.07) is 13.9. The largest absolute Gasteiger partial charge is 0.491 e. The molecule has 2 unspecified atom stereocenters. The quantitative estimate of drug-likeness (QED) is 0.127. The molecule has 5 atom stereocenters. The summed E-state index contributed by atoms with van der Waals surface area (Å²) in [5, 5.41) is 1.54. The zero-order valence-electron chi connectivity index (χ0n) is 27.7. The van der Waals surface area contributed by atoms with Gasteiger partial charge in [-0.2, -0.15) is 10.9 Å². The molecule has 3 aliphatic heterocycles. The molecule has 7 nitrogen and oxygen atoms in total. The second-order valence-corrected chi connectivity index (χ2v) is 17.2. The lowest BCUT2D eigenvalue weighted by atomic mass is 9.65. The molecule has 2 aliphatic carbocycles. The van der Waals surface area contributed by atoms with Gasteiger partial charge in [0.25, 0.3) is 0 Å². The number of hydrogen-bond acceptors (Lipinski definition) is 7. The molecule has 0 spiro atoms. The average Bonchev–Trinajstić information content (AvgIpc) is 3.05. The monoisotopic (exact) mass is 675 g/mol. The summed E-state index contributed by atoms with van der Waals surface area (Å²) in [5.74, 6) is 2.76. The van der Waals surface area contributed by atoms with E-state index in [-0.39, 0.29) is 12.1 Å². The molecule has 0 saturated heterocycles. The summed E-state index contributed by atoms with van der Waals surface area (Å²) < 4.78 is 19.1. The number of benzene rings is 2. The van der Waals surface area contributed by atoms with Gasteiger partial charge in [-0.3, -0.25) is 0 Å². The minimum absolute atomic E-state index is 0.137. The average molecular weight is 676 g/mol. The van der Waals surface area contributed by atoms with Crippen molar-refractivity contribution in [3.63, 3.8) is 0 Å². The summed E-state index contributed by atoms with van der Waals surface area (Å²) >= 11 is 6.50. The number of aryl methyl sites for hydroxylation is 1. The van der Waals surface area contributed by atoms with Crippen molar-refractivity contribution in [2.45, 2.75) is 81.5 Å². The van der Waals surface area contributed by atoms with Gasteiger partial charge < -0.3 is 19.1 Å². The van der Waals surface area contributed by atoms with E-state index in [9.17, 15) is 4.79 Å². The second-order valence-electron chi connectivity index (χ2n) is 14.0. The first kappa shape index (κ1) is 32.5. The minimum Gasteiger partial charge on any atom is -0.491 e. The number of aromatic nitrogens is 2. The molecule has 0 N–H and O–H groups in total. The SMILES string of the molecule is CO[C@@H]1C2=CC(CC[SH](c3ncccn3)C(C)(C)OC(=O)c3ccc4c(c3)N(Cc3ccc(Cl)cc3CCCCO4)C[C@@H]3CC[C@H]31)C2. The van der Waals surface area contributed by atoms with Crippen molar-refractivity contribution in [1.29, 1.82) is 0 Å². The van der Waals surface area contributed by atoms with Gasteiger partial charge >= 0.3 is 5.97 Å². The number of thiol groups is 1. The highest BCUT2D eigenvalue weighted by Crippen LogP contribution is 2.51. The van der Waals surface area contributed by atoms with Gasteiger partial charge in [-0.15, -0.1) is 0 Å². The Kier molecular flexibility index (Phi) is 9.54. The van der Waals surface area contributed by atoms with Crippen LogP contribution in [-0.2, 0) is 22.4 Å². The fraction of sp³-hybridized carbons (Fsp3) is 0.500. The third-order valence-electron chi connectivity index (χ3n) is 10.6. The fourth-order valence-electron chi connectivity index (χ4n) is 7.80. The van der Waals surface area contributed by atoms with Gasteiger partial charge in [0, 0.05) is 37.6 Å². The Labute approximate surface area is 286 Å². The highest BCUT2D eigenvalue weighted by molar-refractivity contribution is 8.17. The number of fused-ring (bicyclic) bond motifs is 6. The van der Waals surface area contributed by atoms with Crippen LogP contribution in [0.3, 0.4) is 0 Å². The predicted octanol–water partition coefficient (Wildman–Crippen LogP) is 8.20. The van der Waals surface area contributed by atoms with E-state index in [2.05, 4.69) is 33.1 Å². The molecule has 0 radical (unpaired) electrons. The van der Waals surface area contributed by atoms with Gasteiger partial charge in [0.1, 0.15) is 10.7 Å². The Bertz CT molecular complexity index is 1630. The van der Waals surface area contributed by atoms with Crippen molar-refractivity contribution in [1.82, 2.24) is 9.97 Å². The molecule has 250 valence electrons. The molecule has 4 bridgehead atoms. The lowest BCUT2D eigenvalue weighted by Gasteiger charge is -2.46. The number of hydrogen-bond donors (Lipinski definition) is 1. The topological polar surface area (TPSA) is 73.8 Å². The first-order valence-electron chi connectivity index (χ1n) is 17.1. The predicted molar refractivity (Wildman–Crippen MR) is 189 cm³/mol. The molecule has 1 fully saturated rings. The molecule has 5 aliphatic rings. The molecule has 1 saturated carbocycles.